The highest BCUT2D eigenvalue weighted by Crippen LogP contribution is 2.09. The molecule has 0 aromatic carbocycles. The maximum atomic E-state index is 10.7. The average Bonchev–Trinajstić information content (AvgIpc) is 2.37. The fourth-order valence-electron chi connectivity index (χ4n) is 0.637. The second kappa shape index (κ2) is 2.74. The predicted molar refractivity (Wildman–Crippen MR) is 36.0 cm³/mol. The van der Waals surface area contributed by atoms with E-state index < -0.39 is 0 Å². The summed E-state index contributed by atoms with van der Waals surface area (Å²) in [6.07, 6.45) is 7.15. The summed E-state index contributed by atoms with van der Waals surface area (Å²) < 4.78 is 0. The molecule has 0 saturated carbocycles. The van der Waals surface area contributed by atoms with Gasteiger partial charge in [-0.2, -0.15) is 0 Å². The van der Waals surface area contributed by atoms with Crippen LogP contribution in [0.3, 0.4) is 0 Å². The normalized spacial score (nSPS) is 15.0. The maximum Gasteiger partial charge on any atom is 0.0339 e. The molecule has 0 N–H and O–H groups in total. The molecule has 2 heteroatoms. The van der Waals surface area contributed by atoms with Gasteiger partial charge in [0.15, 0.2) is 0 Å². The molecule has 1 rings (SSSR count). The third kappa shape index (κ3) is 1.36. The molecule has 1 aliphatic rings. The summed E-state index contributed by atoms with van der Waals surface area (Å²) in [4.78, 5) is 0. The van der Waals surface area contributed by atoms with Crippen LogP contribution in [0.25, 0.3) is 0 Å². The van der Waals surface area contributed by atoms with Gasteiger partial charge in [0.1, 0.15) is 0 Å². The van der Waals surface area contributed by atoms with Gasteiger partial charge < -0.3 is 5.11 Å². The van der Waals surface area contributed by atoms with Crippen LogP contribution < -0.4 is 5.11 Å². The van der Waals surface area contributed by atoms with Gasteiger partial charge in [-0.15, -0.1) is 17.4 Å². The SMILES string of the molecule is [O-]C(CCl)=C1C=CC=C1. The van der Waals surface area contributed by atoms with E-state index >= 15 is 0 Å². The van der Waals surface area contributed by atoms with Crippen LogP contribution in [0.4, 0.5) is 0 Å². The molecule has 0 aliphatic heterocycles. The van der Waals surface area contributed by atoms with Crippen molar-refractivity contribution in [3.05, 3.63) is 35.6 Å². The van der Waals surface area contributed by atoms with Crippen molar-refractivity contribution in [2.24, 2.45) is 0 Å². The van der Waals surface area contributed by atoms with Crippen LogP contribution in [-0.2, 0) is 0 Å². The zero-order valence-electron chi connectivity index (χ0n) is 4.80. The lowest BCUT2D eigenvalue weighted by Crippen LogP contribution is -2.06. The smallest absolute Gasteiger partial charge is 0.0339 e. The molecule has 48 valence electrons. The molecule has 1 nitrogen and oxygen atoms in total. The van der Waals surface area contributed by atoms with Gasteiger partial charge in [0.05, 0.1) is 0 Å². The van der Waals surface area contributed by atoms with E-state index in [4.69, 9.17) is 11.6 Å². The van der Waals surface area contributed by atoms with E-state index in [-0.39, 0.29) is 11.6 Å². The van der Waals surface area contributed by atoms with Crippen LogP contribution in [0.5, 0.6) is 0 Å². The summed E-state index contributed by atoms with van der Waals surface area (Å²) in [5, 5.41) is 10.7. The molecule has 0 fully saturated rings. The Hall–Kier alpha value is -0.690. The minimum absolute atomic E-state index is 0.0123. The molecule has 0 bridgehead atoms. The molecule has 0 radical (unpaired) electrons. The molecule has 0 spiro atoms. The van der Waals surface area contributed by atoms with Crippen molar-refractivity contribution >= 4 is 11.6 Å². The molecule has 0 amide bonds. The Morgan fingerprint density at radius 2 is 2.00 bits per heavy atom. The summed E-state index contributed by atoms with van der Waals surface area (Å²) >= 11 is 5.29. The first-order valence-electron chi connectivity index (χ1n) is 2.65. The Balaban J connectivity index is 2.81. The van der Waals surface area contributed by atoms with Crippen LogP contribution in [0, 0.1) is 0 Å². The molecular weight excluding hydrogens is 136 g/mol. The molecule has 0 aromatic heterocycles. The van der Waals surface area contributed by atoms with E-state index in [1.165, 1.54) is 0 Å². The second-order valence-electron chi connectivity index (χ2n) is 1.73. The Morgan fingerprint density at radius 1 is 1.44 bits per heavy atom. The van der Waals surface area contributed by atoms with Crippen molar-refractivity contribution in [3.8, 4) is 0 Å². The standard InChI is InChI=1S/C7H7ClO/c8-5-7(9)6-3-1-2-4-6/h1-4,9H,5H2/p-1. The summed E-state index contributed by atoms with van der Waals surface area (Å²) in [6, 6.07) is 0. The van der Waals surface area contributed by atoms with Crippen molar-refractivity contribution in [2.45, 2.75) is 0 Å². The van der Waals surface area contributed by atoms with Crippen LogP contribution in [0.1, 0.15) is 0 Å². The monoisotopic (exact) mass is 141 g/mol. The fourth-order valence-corrected chi connectivity index (χ4v) is 0.791. The lowest BCUT2D eigenvalue weighted by atomic mass is 10.3. The topological polar surface area (TPSA) is 23.1 Å². The molecule has 0 aromatic rings. The number of halogens is 1. The van der Waals surface area contributed by atoms with Gasteiger partial charge in [-0.25, -0.2) is 0 Å². The average molecular weight is 142 g/mol. The third-order valence-electron chi connectivity index (χ3n) is 1.11. The van der Waals surface area contributed by atoms with Gasteiger partial charge in [-0.05, 0) is 5.57 Å². The van der Waals surface area contributed by atoms with Gasteiger partial charge in [0.25, 0.3) is 0 Å². The molecule has 0 heterocycles. The number of hydrogen-bond donors (Lipinski definition) is 0. The molecular formula is C7H6ClO-. The minimum atomic E-state index is -0.0123. The second-order valence-corrected chi connectivity index (χ2v) is 2.00. The number of hydrogen-bond acceptors (Lipinski definition) is 1. The van der Waals surface area contributed by atoms with E-state index in [1.807, 2.05) is 12.2 Å². The van der Waals surface area contributed by atoms with E-state index in [0.717, 1.165) is 0 Å². The first kappa shape index (κ1) is 6.43. The lowest BCUT2D eigenvalue weighted by molar-refractivity contribution is -0.301. The summed E-state index contributed by atoms with van der Waals surface area (Å²) in [7, 11) is 0. The summed E-state index contributed by atoms with van der Waals surface area (Å²) in [5.74, 6) is 0.0611. The molecule has 0 unspecified atom stereocenters. The quantitative estimate of drug-likeness (QED) is 0.394. The zero-order valence-corrected chi connectivity index (χ0v) is 5.56. The maximum absolute atomic E-state index is 10.7. The van der Waals surface area contributed by atoms with E-state index in [2.05, 4.69) is 0 Å². The third-order valence-corrected chi connectivity index (χ3v) is 1.35. The zero-order chi connectivity index (χ0) is 6.69. The van der Waals surface area contributed by atoms with Crippen LogP contribution in [0.2, 0.25) is 0 Å². The first-order valence-corrected chi connectivity index (χ1v) is 3.19. The van der Waals surface area contributed by atoms with Crippen molar-refractivity contribution in [2.75, 3.05) is 5.88 Å². The summed E-state index contributed by atoms with van der Waals surface area (Å²) in [5.41, 5.74) is 0.699. The Labute approximate surface area is 59.0 Å². The highest BCUT2D eigenvalue weighted by Gasteiger charge is 1.90. The summed E-state index contributed by atoms with van der Waals surface area (Å²) in [6.45, 7) is 0. The van der Waals surface area contributed by atoms with Gasteiger partial charge in [0.2, 0.25) is 0 Å². The van der Waals surface area contributed by atoms with E-state index in [0.29, 0.717) is 5.57 Å². The Morgan fingerprint density at radius 3 is 2.44 bits per heavy atom. The van der Waals surface area contributed by atoms with Crippen molar-refractivity contribution in [1.29, 1.82) is 0 Å². The predicted octanol–water partition coefficient (Wildman–Crippen LogP) is 0.966. The van der Waals surface area contributed by atoms with Gasteiger partial charge in [-0.1, -0.05) is 24.3 Å². The van der Waals surface area contributed by atoms with Crippen molar-refractivity contribution in [3.63, 3.8) is 0 Å². The molecule has 0 saturated heterocycles. The molecule has 0 atom stereocenters. The highest BCUT2D eigenvalue weighted by atomic mass is 35.5. The van der Waals surface area contributed by atoms with Crippen LogP contribution in [0.15, 0.2) is 35.6 Å². The molecule has 9 heavy (non-hydrogen) atoms. The number of alkyl halides is 1. The Bertz CT molecular complexity index is 175. The minimum Gasteiger partial charge on any atom is -0.874 e. The lowest BCUT2D eigenvalue weighted by Gasteiger charge is -2.08. The number of allylic oxidation sites excluding steroid dienone is 6. The van der Waals surface area contributed by atoms with Gasteiger partial charge in [-0.3, -0.25) is 0 Å². The van der Waals surface area contributed by atoms with Gasteiger partial charge >= 0.3 is 0 Å². The van der Waals surface area contributed by atoms with Gasteiger partial charge in [0, 0.05) is 5.88 Å². The molecule has 1 aliphatic carbocycles. The van der Waals surface area contributed by atoms with Crippen LogP contribution >= 0.6 is 11.6 Å². The van der Waals surface area contributed by atoms with Crippen LogP contribution in [-0.4, -0.2) is 5.88 Å². The highest BCUT2D eigenvalue weighted by molar-refractivity contribution is 6.19. The first-order chi connectivity index (χ1) is 4.34. The van der Waals surface area contributed by atoms with Crippen molar-refractivity contribution in [1.82, 2.24) is 0 Å². The Kier molecular flexibility index (Phi) is 1.96. The van der Waals surface area contributed by atoms with E-state index in [1.54, 1.807) is 12.2 Å². The number of rotatable bonds is 1. The van der Waals surface area contributed by atoms with Crippen molar-refractivity contribution < 1.29 is 5.11 Å². The van der Waals surface area contributed by atoms with E-state index in [9.17, 15) is 5.11 Å². The largest absolute Gasteiger partial charge is 0.874 e. The fraction of sp³-hybridized carbons (Fsp3) is 0.143.